The summed E-state index contributed by atoms with van der Waals surface area (Å²) >= 11 is 5.05. The van der Waals surface area contributed by atoms with Crippen LogP contribution in [0.25, 0.3) is 0 Å². The number of hydrogen-bond donors (Lipinski definition) is 2. The highest BCUT2D eigenvalue weighted by atomic mass is 79.9. The molecular weight excluding hydrogens is 372 g/mol. The molecule has 1 fully saturated rings. The third kappa shape index (κ3) is 3.85. The summed E-state index contributed by atoms with van der Waals surface area (Å²) in [5.74, 6) is 0. The molecule has 21 heavy (non-hydrogen) atoms. The van der Waals surface area contributed by atoms with Crippen LogP contribution in [0, 0.1) is 0 Å². The fourth-order valence-electron chi connectivity index (χ4n) is 1.96. The third-order valence-corrected chi connectivity index (χ3v) is 6.36. The van der Waals surface area contributed by atoms with E-state index >= 15 is 0 Å². The molecule has 0 saturated heterocycles. The van der Waals surface area contributed by atoms with Crippen LogP contribution in [0.4, 0.5) is 5.69 Å². The van der Waals surface area contributed by atoms with E-state index in [4.69, 9.17) is 0 Å². The van der Waals surface area contributed by atoms with Gasteiger partial charge in [0.2, 0.25) is 10.0 Å². The minimum absolute atomic E-state index is 0.108. The lowest BCUT2D eigenvalue weighted by Gasteiger charge is -2.12. The van der Waals surface area contributed by atoms with Crippen molar-refractivity contribution in [1.29, 1.82) is 0 Å². The second kappa shape index (κ2) is 6.08. The van der Waals surface area contributed by atoms with E-state index in [0.717, 1.165) is 21.5 Å². The van der Waals surface area contributed by atoms with Gasteiger partial charge in [-0.2, -0.15) is 0 Å². The van der Waals surface area contributed by atoms with E-state index < -0.39 is 10.0 Å². The van der Waals surface area contributed by atoms with Gasteiger partial charge in [-0.05, 0) is 53.0 Å². The second-order valence-corrected chi connectivity index (χ2v) is 9.18. The van der Waals surface area contributed by atoms with Gasteiger partial charge in [0.1, 0.15) is 4.90 Å². The Bertz CT molecular complexity index is 739. The van der Waals surface area contributed by atoms with Crippen molar-refractivity contribution in [3.8, 4) is 0 Å². The number of hydrogen-bond acceptors (Lipinski definition) is 4. The van der Waals surface area contributed by atoms with Crippen LogP contribution in [0.3, 0.4) is 0 Å². The Hall–Kier alpha value is -0.890. The molecule has 2 N–H and O–H groups in total. The Morgan fingerprint density at radius 2 is 1.95 bits per heavy atom. The molecule has 0 bridgehead atoms. The average molecular weight is 387 g/mol. The Morgan fingerprint density at radius 1 is 1.19 bits per heavy atom. The summed E-state index contributed by atoms with van der Waals surface area (Å²) in [7, 11) is -3.45. The molecule has 1 saturated carbocycles. The van der Waals surface area contributed by atoms with Gasteiger partial charge in [-0.15, -0.1) is 11.3 Å². The monoisotopic (exact) mass is 386 g/mol. The number of anilines is 1. The van der Waals surface area contributed by atoms with Gasteiger partial charge in [-0.1, -0.05) is 12.1 Å². The maximum Gasteiger partial charge on any atom is 0.242 e. The molecule has 1 aromatic carbocycles. The van der Waals surface area contributed by atoms with E-state index in [-0.39, 0.29) is 6.04 Å². The number of sulfonamides is 1. The van der Waals surface area contributed by atoms with E-state index in [1.165, 1.54) is 0 Å². The molecule has 7 heteroatoms. The molecule has 112 valence electrons. The van der Waals surface area contributed by atoms with Crippen molar-refractivity contribution >= 4 is 43.0 Å². The van der Waals surface area contributed by atoms with Crippen molar-refractivity contribution < 1.29 is 8.42 Å². The van der Waals surface area contributed by atoms with Crippen LogP contribution >= 0.6 is 27.3 Å². The average Bonchev–Trinajstić information content (AvgIpc) is 3.15. The lowest BCUT2D eigenvalue weighted by molar-refractivity contribution is 0.581. The lowest BCUT2D eigenvalue weighted by Crippen LogP contribution is -2.26. The molecule has 0 spiro atoms. The van der Waals surface area contributed by atoms with E-state index in [2.05, 4.69) is 26.0 Å². The van der Waals surface area contributed by atoms with E-state index in [1.54, 1.807) is 29.5 Å². The molecule has 0 radical (unpaired) electrons. The summed E-state index contributed by atoms with van der Waals surface area (Å²) in [5.41, 5.74) is 0.634. The first-order valence-corrected chi connectivity index (χ1v) is 9.73. The normalized spacial score (nSPS) is 15.1. The van der Waals surface area contributed by atoms with Crippen LogP contribution in [0.5, 0.6) is 0 Å². The highest BCUT2D eigenvalue weighted by Crippen LogP contribution is 2.27. The van der Waals surface area contributed by atoms with Gasteiger partial charge in [0, 0.05) is 17.5 Å². The van der Waals surface area contributed by atoms with E-state index in [0.29, 0.717) is 17.1 Å². The summed E-state index contributed by atoms with van der Waals surface area (Å²) < 4.78 is 28.5. The SMILES string of the molecule is O=S(=O)(NC1CC1)c1ccccc1NCc1ccc(Br)s1. The number of para-hydroxylation sites is 1. The van der Waals surface area contributed by atoms with Crippen LogP contribution in [0.1, 0.15) is 17.7 Å². The zero-order valence-corrected chi connectivity index (χ0v) is 14.4. The van der Waals surface area contributed by atoms with Crippen LogP contribution in [0.2, 0.25) is 0 Å². The minimum atomic E-state index is -3.45. The van der Waals surface area contributed by atoms with Gasteiger partial charge in [-0.3, -0.25) is 0 Å². The van der Waals surface area contributed by atoms with Gasteiger partial charge >= 0.3 is 0 Å². The minimum Gasteiger partial charge on any atom is -0.379 e. The second-order valence-electron chi connectivity index (χ2n) is 4.95. The summed E-state index contributed by atoms with van der Waals surface area (Å²) in [6, 6.07) is 11.1. The summed E-state index contributed by atoms with van der Waals surface area (Å²) in [4.78, 5) is 1.46. The summed E-state index contributed by atoms with van der Waals surface area (Å²) in [6.45, 7) is 0.603. The van der Waals surface area contributed by atoms with Crippen molar-refractivity contribution in [3.05, 3.63) is 45.1 Å². The molecule has 1 heterocycles. The van der Waals surface area contributed by atoms with Crippen molar-refractivity contribution in [2.45, 2.75) is 30.3 Å². The number of halogens is 1. The fraction of sp³-hybridized carbons (Fsp3) is 0.286. The third-order valence-electron chi connectivity index (χ3n) is 3.16. The predicted octanol–water partition coefficient (Wildman–Crippen LogP) is 3.56. The zero-order chi connectivity index (χ0) is 14.9. The largest absolute Gasteiger partial charge is 0.379 e. The zero-order valence-electron chi connectivity index (χ0n) is 11.2. The van der Waals surface area contributed by atoms with Gasteiger partial charge in [0.25, 0.3) is 0 Å². The quantitative estimate of drug-likeness (QED) is 0.797. The van der Waals surface area contributed by atoms with Crippen molar-refractivity contribution in [1.82, 2.24) is 4.72 Å². The number of nitrogens with one attached hydrogen (secondary N) is 2. The van der Waals surface area contributed by atoms with Crippen LogP contribution in [-0.4, -0.2) is 14.5 Å². The molecule has 1 aliphatic carbocycles. The fourth-order valence-corrected chi connectivity index (χ4v) is 4.87. The Morgan fingerprint density at radius 3 is 2.62 bits per heavy atom. The first-order valence-electron chi connectivity index (χ1n) is 6.64. The predicted molar refractivity (Wildman–Crippen MR) is 89.1 cm³/mol. The van der Waals surface area contributed by atoms with Gasteiger partial charge in [0.15, 0.2) is 0 Å². The molecule has 1 aliphatic rings. The van der Waals surface area contributed by atoms with Crippen molar-refractivity contribution in [2.75, 3.05) is 5.32 Å². The maximum atomic E-state index is 12.4. The van der Waals surface area contributed by atoms with Gasteiger partial charge in [-0.25, -0.2) is 13.1 Å². The standard InChI is InChI=1S/C14H15BrN2O2S2/c15-14-8-7-11(20-14)9-16-12-3-1-2-4-13(12)21(18,19)17-10-5-6-10/h1-4,7-8,10,16-17H,5-6,9H2. The molecule has 3 rings (SSSR count). The molecule has 0 amide bonds. The first-order chi connectivity index (χ1) is 10.0. The molecule has 1 aromatic heterocycles. The van der Waals surface area contributed by atoms with Crippen molar-refractivity contribution in [2.24, 2.45) is 0 Å². The smallest absolute Gasteiger partial charge is 0.242 e. The summed E-state index contributed by atoms with van der Waals surface area (Å²) in [5, 5.41) is 3.21. The molecule has 0 aliphatic heterocycles. The number of benzene rings is 1. The van der Waals surface area contributed by atoms with Crippen molar-refractivity contribution in [3.63, 3.8) is 0 Å². The highest BCUT2D eigenvalue weighted by molar-refractivity contribution is 9.11. The number of rotatable bonds is 6. The molecular formula is C14H15BrN2O2S2. The van der Waals surface area contributed by atoms with E-state index in [9.17, 15) is 8.42 Å². The van der Waals surface area contributed by atoms with Gasteiger partial charge < -0.3 is 5.32 Å². The highest BCUT2D eigenvalue weighted by Gasteiger charge is 2.29. The Kier molecular flexibility index (Phi) is 4.35. The maximum absolute atomic E-state index is 12.4. The lowest BCUT2D eigenvalue weighted by atomic mass is 10.3. The molecule has 2 aromatic rings. The van der Waals surface area contributed by atoms with Crippen LogP contribution < -0.4 is 10.0 Å². The topological polar surface area (TPSA) is 58.2 Å². The molecule has 0 atom stereocenters. The van der Waals surface area contributed by atoms with Crippen LogP contribution in [-0.2, 0) is 16.6 Å². The van der Waals surface area contributed by atoms with Crippen LogP contribution in [0.15, 0.2) is 45.1 Å². The molecule has 0 unspecified atom stereocenters. The molecule has 4 nitrogen and oxygen atoms in total. The summed E-state index contributed by atoms with van der Waals surface area (Å²) in [6.07, 6.45) is 1.86. The Labute approximate surface area is 136 Å². The Balaban J connectivity index is 1.78. The number of thiophene rings is 1. The van der Waals surface area contributed by atoms with Gasteiger partial charge in [0.05, 0.1) is 9.47 Å². The first kappa shape index (κ1) is 15.0. The van der Waals surface area contributed by atoms with E-state index in [1.807, 2.05) is 18.2 Å².